The number of nitriles is 1. The molecule has 5 nitrogen and oxygen atoms in total. The fraction of sp³-hybridized carbons (Fsp3) is 0.0952. The predicted octanol–water partition coefficient (Wildman–Crippen LogP) is 5.07. The normalized spacial score (nSPS) is 11.2. The fourth-order valence-corrected chi connectivity index (χ4v) is 3.03. The van der Waals surface area contributed by atoms with Gasteiger partial charge in [-0.3, -0.25) is 10.1 Å². The molecule has 0 saturated heterocycles. The summed E-state index contributed by atoms with van der Waals surface area (Å²) < 4.78 is 1.96. The van der Waals surface area contributed by atoms with Gasteiger partial charge in [-0.1, -0.05) is 36.4 Å². The molecule has 0 spiro atoms. The molecule has 3 aromatic rings. The number of non-ortho nitro benzene ring substituents is 1. The van der Waals surface area contributed by atoms with Crippen LogP contribution in [0.1, 0.15) is 22.5 Å². The zero-order chi connectivity index (χ0) is 18.7. The van der Waals surface area contributed by atoms with E-state index >= 15 is 0 Å². The molecule has 1 heterocycles. The first-order chi connectivity index (χ1) is 12.5. The van der Waals surface area contributed by atoms with Crippen LogP contribution in [0.4, 0.5) is 5.69 Å². The van der Waals surface area contributed by atoms with Crippen LogP contribution < -0.4 is 0 Å². The molecule has 0 saturated carbocycles. The minimum Gasteiger partial charge on any atom is -0.318 e. The van der Waals surface area contributed by atoms with Crippen LogP contribution in [0.5, 0.6) is 0 Å². The minimum atomic E-state index is -0.401. The Kier molecular flexibility index (Phi) is 4.68. The van der Waals surface area contributed by atoms with Gasteiger partial charge >= 0.3 is 0 Å². The van der Waals surface area contributed by atoms with Gasteiger partial charge in [0.05, 0.1) is 22.3 Å². The van der Waals surface area contributed by atoms with E-state index in [1.165, 1.54) is 6.07 Å². The zero-order valence-corrected chi connectivity index (χ0v) is 14.5. The maximum absolute atomic E-state index is 11.1. The summed E-state index contributed by atoms with van der Waals surface area (Å²) in [6.07, 6.45) is 1.85. The van der Waals surface area contributed by atoms with E-state index in [4.69, 9.17) is 0 Å². The highest BCUT2D eigenvalue weighted by Gasteiger charge is 2.13. The average Bonchev–Trinajstić information content (AvgIpc) is 2.93. The second-order valence-corrected chi connectivity index (χ2v) is 5.97. The van der Waals surface area contributed by atoms with E-state index in [1.54, 1.807) is 12.1 Å². The molecule has 5 heteroatoms. The molecule has 0 N–H and O–H groups in total. The smallest absolute Gasteiger partial charge is 0.271 e. The number of nitro groups is 1. The zero-order valence-electron chi connectivity index (χ0n) is 14.5. The Hall–Kier alpha value is -3.65. The molecule has 3 rings (SSSR count). The molecule has 0 unspecified atom stereocenters. The third-order valence-electron chi connectivity index (χ3n) is 4.27. The maximum Gasteiger partial charge on any atom is 0.271 e. The van der Waals surface area contributed by atoms with E-state index in [1.807, 2.05) is 67.0 Å². The van der Waals surface area contributed by atoms with Crippen LogP contribution in [-0.2, 0) is 0 Å². The summed E-state index contributed by atoms with van der Waals surface area (Å²) in [5.74, 6) is 0. The van der Waals surface area contributed by atoms with Crippen molar-refractivity contribution in [2.45, 2.75) is 13.8 Å². The summed E-state index contributed by atoms with van der Waals surface area (Å²) in [5, 5.41) is 20.6. The lowest BCUT2D eigenvalue weighted by Crippen LogP contribution is -2.00. The molecule has 0 fully saturated rings. The third kappa shape index (κ3) is 3.26. The third-order valence-corrected chi connectivity index (χ3v) is 4.27. The Morgan fingerprint density at radius 2 is 1.85 bits per heavy atom. The average molecular weight is 343 g/mol. The van der Waals surface area contributed by atoms with Gasteiger partial charge in [-0.2, -0.15) is 5.26 Å². The van der Waals surface area contributed by atoms with Crippen LogP contribution in [0.3, 0.4) is 0 Å². The second-order valence-electron chi connectivity index (χ2n) is 5.97. The van der Waals surface area contributed by atoms with Crippen LogP contribution in [0.25, 0.3) is 17.3 Å². The molecule has 0 aliphatic carbocycles. The first-order valence-electron chi connectivity index (χ1n) is 8.12. The highest BCUT2D eigenvalue weighted by Crippen LogP contribution is 2.26. The summed E-state index contributed by atoms with van der Waals surface area (Å²) in [7, 11) is 0. The van der Waals surface area contributed by atoms with E-state index < -0.39 is 4.92 Å². The molecular weight excluding hydrogens is 326 g/mol. The van der Waals surface area contributed by atoms with E-state index in [9.17, 15) is 15.4 Å². The van der Waals surface area contributed by atoms with Gasteiger partial charge in [0.15, 0.2) is 0 Å². The number of benzene rings is 2. The van der Waals surface area contributed by atoms with Crippen LogP contribution in [-0.4, -0.2) is 9.49 Å². The molecule has 0 bridgehead atoms. The highest BCUT2D eigenvalue weighted by molar-refractivity contribution is 5.90. The van der Waals surface area contributed by atoms with Gasteiger partial charge in [0.25, 0.3) is 5.69 Å². The lowest BCUT2D eigenvalue weighted by molar-refractivity contribution is -0.384. The minimum absolute atomic E-state index is 0.0501. The summed E-state index contributed by atoms with van der Waals surface area (Å²) in [5.41, 5.74) is 4.99. The first-order valence-corrected chi connectivity index (χ1v) is 8.12. The lowest BCUT2D eigenvalue weighted by atomic mass is 10.0. The van der Waals surface area contributed by atoms with E-state index in [2.05, 4.69) is 6.07 Å². The molecule has 0 aliphatic heterocycles. The Morgan fingerprint density at radius 3 is 2.50 bits per heavy atom. The van der Waals surface area contributed by atoms with E-state index in [0.29, 0.717) is 5.57 Å². The van der Waals surface area contributed by atoms with Crippen molar-refractivity contribution in [3.05, 3.63) is 93.3 Å². The highest BCUT2D eigenvalue weighted by atomic mass is 16.6. The Morgan fingerprint density at radius 1 is 1.12 bits per heavy atom. The van der Waals surface area contributed by atoms with E-state index in [0.717, 1.165) is 28.2 Å². The number of nitrogens with zero attached hydrogens (tertiary/aromatic N) is 3. The van der Waals surface area contributed by atoms with Gasteiger partial charge in [0.2, 0.25) is 0 Å². The number of hydrogen-bond donors (Lipinski definition) is 0. The van der Waals surface area contributed by atoms with Crippen LogP contribution >= 0.6 is 0 Å². The number of rotatable bonds is 4. The van der Waals surface area contributed by atoms with Gasteiger partial charge in [0.1, 0.15) is 0 Å². The van der Waals surface area contributed by atoms with Crippen molar-refractivity contribution in [1.29, 1.82) is 5.26 Å². The number of aryl methyl sites for hydroxylation is 1. The fourth-order valence-electron chi connectivity index (χ4n) is 3.03. The summed E-state index contributed by atoms with van der Waals surface area (Å²) >= 11 is 0. The maximum atomic E-state index is 11.1. The molecule has 1 aromatic heterocycles. The largest absolute Gasteiger partial charge is 0.318 e. The van der Waals surface area contributed by atoms with Crippen molar-refractivity contribution >= 4 is 17.3 Å². The van der Waals surface area contributed by atoms with Crippen LogP contribution in [0.15, 0.2) is 60.7 Å². The topological polar surface area (TPSA) is 71.9 Å². The van der Waals surface area contributed by atoms with Gasteiger partial charge in [0, 0.05) is 23.5 Å². The molecule has 2 aromatic carbocycles. The van der Waals surface area contributed by atoms with Crippen molar-refractivity contribution in [3.63, 3.8) is 0 Å². The van der Waals surface area contributed by atoms with Gasteiger partial charge in [-0.15, -0.1) is 0 Å². The van der Waals surface area contributed by atoms with Crippen molar-refractivity contribution < 1.29 is 4.92 Å². The number of allylic oxidation sites excluding steroid dienone is 1. The van der Waals surface area contributed by atoms with Gasteiger partial charge < -0.3 is 4.57 Å². The van der Waals surface area contributed by atoms with Crippen molar-refractivity contribution in [2.75, 3.05) is 0 Å². The van der Waals surface area contributed by atoms with Crippen molar-refractivity contribution in [1.82, 2.24) is 4.57 Å². The summed E-state index contributed by atoms with van der Waals surface area (Å²) in [6.45, 7) is 3.88. The molecule has 0 atom stereocenters. The van der Waals surface area contributed by atoms with Crippen molar-refractivity contribution in [3.8, 4) is 11.8 Å². The summed E-state index contributed by atoms with van der Waals surface area (Å²) in [6, 6.07) is 20.3. The van der Waals surface area contributed by atoms with Crippen molar-refractivity contribution in [2.24, 2.45) is 0 Å². The molecular formula is C21H17N3O2. The monoisotopic (exact) mass is 343 g/mol. The van der Waals surface area contributed by atoms with Gasteiger partial charge in [-0.05, 0) is 43.2 Å². The number of aromatic nitrogens is 1. The Labute approximate surface area is 151 Å². The molecule has 26 heavy (non-hydrogen) atoms. The predicted molar refractivity (Wildman–Crippen MR) is 102 cm³/mol. The van der Waals surface area contributed by atoms with E-state index in [-0.39, 0.29) is 5.69 Å². The SMILES string of the molecule is Cc1cc(/C=C(/C#N)c2ccccc2)c(C)n1-c1cccc([N+](=O)[O-])c1. The second kappa shape index (κ2) is 7.08. The molecule has 0 aliphatic rings. The standard InChI is InChI=1S/C21H17N3O2/c1-15-11-18(12-19(14-22)17-7-4-3-5-8-17)16(2)23(15)20-9-6-10-21(13-20)24(25)26/h3-13H,1-2H3/b19-12-. The van der Waals surface area contributed by atoms with Crippen LogP contribution in [0.2, 0.25) is 0 Å². The number of hydrogen-bond acceptors (Lipinski definition) is 3. The molecule has 128 valence electrons. The molecule has 0 amide bonds. The molecule has 0 radical (unpaired) electrons. The summed E-state index contributed by atoms with van der Waals surface area (Å²) in [4.78, 5) is 10.7. The lowest BCUT2D eigenvalue weighted by Gasteiger charge is -2.09. The Balaban J connectivity index is 2.09. The first kappa shape index (κ1) is 17.2. The number of nitro benzene ring substituents is 1. The van der Waals surface area contributed by atoms with Crippen LogP contribution in [0, 0.1) is 35.3 Å². The quantitative estimate of drug-likeness (QED) is 0.377. The Bertz CT molecular complexity index is 1040. The van der Waals surface area contributed by atoms with Gasteiger partial charge in [-0.25, -0.2) is 0 Å².